The van der Waals surface area contributed by atoms with E-state index >= 15 is 0 Å². The summed E-state index contributed by atoms with van der Waals surface area (Å²) in [6.07, 6.45) is 1.95. The molecule has 1 aliphatic rings. The van der Waals surface area contributed by atoms with Crippen LogP contribution in [0.1, 0.15) is 44.0 Å². The van der Waals surface area contributed by atoms with Gasteiger partial charge in [-0.1, -0.05) is 6.07 Å². The van der Waals surface area contributed by atoms with Crippen LogP contribution < -0.4 is 19.5 Å². The van der Waals surface area contributed by atoms with Gasteiger partial charge in [0.1, 0.15) is 28.3 Å². The molecule has 1 saturated heterocycles. The van der Waals surface area contributed by atoms with Crippen LogP contribution in [0, 0.1) is 11.3 Å². The van der Waals surface area contributed by atoms with E-state index in [9.17, 15) is 5.26 Å². The first-order chi connectivity index (χ1) is 18.4. The van der Waals surface area contributed by atoms with E-state index in [1.807, 2.05) is 50.2 Å². The first-order valence-electron chi connectivity index (χ1n) is 12.7. The lowest BCUT2D eigenvalue weighted by Crippen LogP contribution is -2.47. The standard InChI is InChI=1S/C28H33N7O3/c1-28(2,17-29)34-13-7-8-19(16-34)25-32-26-21-9-6-10-22(37-4)24(21)31-27(35(26)33-25)30-15-18-11-12-20(36-3)14-23(18)38-5/h6,9-12,14,19H,7-8,13,15-16H2,1-5H3,(H,30,31). The van der Waals surface area contributed by atoms with Gasteiger partial charge in [-0.2, -0.15) is 9.78 Å². The van der Waals surface area contributed by atoms with Crippen molar-refractivity contribution in [2.45, 2.75) is 44.7 Å². The number of aromatic nitrogens is 4. The van der Waals surface area contributed by atoms with Gasteiger partial charge in [0.05, 0.1) is 27.4 Å². The number of hydrogen-bond donors (Lipinski definition) is 1. The number of para-hydroxylation sites is 1. The van der Waals surface area contributed by atoms with Gasteiger partial charge in [0.15, 0.2) is 11.5 Å². The highest BCUT2D eigenvalue weighted by Gasteiger charge is 2.33. The molecule has 10 nitrogen and oxygen atoms in total. The van der Waals surface area contributed by atoms with Gasteiger partial charge < -0.3 is 19.5 Å². The number of nitriles is 1. The number of benzene rings is 2. The van der Waals surface area contributed by atoms with Crippen LogP contribution in [0.2, 0.25) is 0 Å². The summed E-state index contributed by atoms with van der Waals surface area (Å²) in [6.45, 7) is 6.01. The van der Waals surface area contributed by atoms with Crippen molar-refractivity contribution in [2.75, 3.05) is 39.7 Å². The molecule has 1 fully saturated rings. The lowest BCUT2D eigenvalue weighted by Gasteiger charge is -2.38. The van der Waals surface area contributed by atoms with Gasteiger partial charge in [-0.25, -0.2) is 9.97 Å². The van der Waals surface area contributed by atoms with Crippen molar-refractivity contribution in [2.24, 2.45) is 0 Å². The lowest BCUT2D eigenvalue weighted by atomic mass is 9.93. The number of nitrogens with one attached hydrogen (secondary N) is 1. The molecule has 4 aromatic rings. The summed E-state index contributed by atoms with van der Waals surface area (Å²) in [7, 11) is 4.91. The van der Waals surface area contributed by atoms with Crippen molar-refractivity contribution in [3.05, 3.63) is 47.8 Å². The fourth-order valence-corrected chi connectivity index (χ4v) is 5.01. The number of anilines is 1. The van der Waals surface area contributed by atoms with E-state index < -0.39 is 5.54 Å². The summed E-state index contributed by atoms with van der Waals surface area (Å²) in [5.74, 6) is 3.53. The smallest absolute Gasteiger partial charge is 0.226 e. The van der Waals surface area contributed by atoms with Crippen molar-refractivity contribution in [3.63, 3.8) is 0 Å². The van der Waals surface area contributed by atoms with E-state index in [1.54, 1.807) is 25.8 Å². The van der Waals surface area contributed by atoms with E-state index in [0.29, 0.717) is 35.2 Å². The third-order valence-electron chi connectivity index (χ3n) is 7.28. The molecule has 0 saturated carbocycles. The summed E-state index contributed by atoms with van der Waals surface area (Å²) in [5.41, 5.74) is 1.83. The van der Waals surface area contributed by atoms with E-state index in [0.717, 1.165) is 48.5 Å². The highest BCUT2D eigenvalue weighted by atomic mass is 16.5. The largest absolute Gasteiger partial charge is 0.497 e. The zero-order chi connectivity index (χ0) is 26.9. The number of fused-ring (bicyclic) bond motifs is 3. The van der Waals surface area contributed by atoms with Gasteiger partial charge in [-0.05, 0) is 57.5 Å². The minimum absolute atomic E-state index is 0.117. The average molecular weight is 516 g/mol. The molecule has 0 bridgehead atoms. The van der Waals surface area contributed by atoms with Crippen LogP contribution in [-0.2, 0) is 6.54 Å². The Balaban J connectivity index is 1.56. The molecule has 0 spiro atoms. The van der Waals surface area contributed by atoms with Crippen molar-refractivity contribution < 1.29 is 14.2 Å². The van der Waals surface area contributed by atoms with E-state index in [-0.39, 0.29) is 5.92 Å². The molecular weight excluding hydrogens is 482 g/mol. The molecule has 3 heterocycles. The molecule has 38 heavy (non-hydrogen) atoms. The highest BCUT2D eigenvalue weighted by molar-refractivity contribution is 5.96. The molecule has 0 aliphatic carbocycles. The second kappa shape index (κ2) is 10.3. The SMILES string of the molecule is COc1ccc(CNc2nc3c(OC)cccc3c3nc(C4CCCN(C(C)(C)C#N)C4)nn23)c(OC)c1. The predicted molar refractivity (Wildman–Crippen MR) is 145 cm³/mol. The zero-order valence-corrected chi connectivity index (χ0v) is 22.5. The maximum absolute atomic E-state index is 9.67. The third kappa shape index (κ3) is 4.65. The molecule has 0 amide bonds. The summed E-state index contributed by atoms with van der Waals surface area (Å²) in [4.78, 5) is 12.2. The number of nitrogens with zero attached hydrogens (tertiary/aromatic N) is 6. The molecule has 2 aromatic heterocycles. The van der Waals surface area contributed by atoms with E-state index in [4.69, 9.17) is 29.3 Å². The minimum Gasteiger partial charge on any atom is -0.497 e. The maximum atomic E-state index is 9.67. The van der Waals surface area contributed by atoms with Gasteiger partial charge in [-0.3, -0.25) is 4.90 Å². The Morgan fingerprint density at radius 2 is 1.89 bits per heavy atom. The monoisotopic (exact) mass is 515 g/mol. The Morgan fingerprint density at radius 3 is 2.63 bits per heavy atom. The number of ether oxygens (including phenoxy) is 3. The third-order valence-corrected chi connectivity index (χ3v) is 7.28. The van der Waals surface area contributed by atoms with Crippen LogP contribution in [0.3, 0.4) is 0 Å². The fraction of sp³-hybridized carbons (Fsp3) is 0.429. The summed E-state index contributed by atoms with van der Waals surface area (Å²) < 4.78 is 18.3. The maximum Gasteiger partial charge on any atom is 0.226 e. The van der Waals surface area contributed by atoms with Crippen molar-refractivity contribution >= 4 is 22.5 Å². The second-order valence-corrected chi connectivity index (χ2v) is 9.98. The summed E-state index contributed by atoms with van der Waals surface area (Å²) in [5, 5.41) is 18.9. The average Bonchev–Trinajstić information content (AvgIpc) is 3.41. The van der Waals surface area contributed by atoms with Crippen LogP contribution in [0.4, 0.5) is 5.95 Å². The van der Waals surface area contributed by atoms with Crippen molar-refractivity contribution in [1.82, 2.24) is 24.5 Å². The predicted octanol–water partition coefficient (Wildman–Crippen LogP) is 4.40. The van der Waals surface area contributed by atoms with Gasteiger partial charge in [0.2, 0.25) is 5.95 Å². The molecule has 5 rings (SSSR count). The summed E-state index contributed by atoms with van der Waals surface area (Å²) >= 11 is 0. The molecule has 0 radical (unpaired) electrons. The van der Waals surface area contributed by atoms with Crippen LogP contribution in [-0.4, -0.2) is 64.4 Å². The van der Waals surface area contributed by atoms with Gasteiger partial charge in [-0.15, -0.1) is 5.10 Å². The molecule has 10 heteroatoms. The van der Waals surface area contributed by atoms with Crippen LogP contribution in [0.25, 0.3) is 16.6 Å². The van der Waals surface area contributed by atoms with E-state index in [2.05, 4.69) is 16.3 Å². The Bertz CT molecular complexity index is 1510. The lowest BCUT2D eigenvalue weighted by molar-refractivity contribution is 0.122. The molecule has 1 N–H and O–H groups in total. The molecule has 1 unspecified atom stereocenters. The number of likely N-dealkylation sites (tertiary alicyclic amines) is 1. The molecule has 1 atom stereocenters. The normalized spacial score (nSPS) is 16.4. The second-order valence-electron chi connectivity index (χ2n) is 9.98. The Morgan fingerprint density at radius 1 is 1.08 bits per heavy atom. The fourth-order valence-electron chi connectivity index (χ4n) is 5.01. The number of hydrogen-bond acceptors (Lipinski definition) is 9. The quantitative estimate of drug-likeness (QED) is 0.365. The number of methoxy groups -OCH3 is 3. The molecule has 2 aromatic carbocycles. The van der Waals surface area contributed by atoms with Crippen molar-refractivity contribution in [1.29, 1.82) is 5.26 Å². The Kier molecular flexibility index (Phi) is 6.95. The Hall–Kier alpha value is -4.10. The van der Waals surface area contributed by atoms with Gasteiger partial charge in [0, 0.05) is 36.0 Å². The number of piperidine rings is 1. The summed E-state index contributed by atoms with van der Waals surface area (Å²) in [6, 6.07) is 14.0. The molecule has 1 aliphatic heterocycles. The van der Waals surface area contributed by atoms with E-state index in [1.165, 1.54) is 0 Å². The minimum atomic E-state index is -0.538. The van der Waals surface area contributed by atoms with Gasteiger partial charge >= 0.3 is 0 Å². The zero-order valence-electron chi connectivity index (χ0n) is 22.5. The van der Waals surface area contributed by atoms with Crippen LogP contribution in [0.5, 0.6) is 17.2 Å². The highest BCUT2D eigenvalue weighted by Crippen LogP contribution is 2.33. The van der Waals surface area contributed by atoms with Crippen molar-refractivity contribution in [3.8, 4) is 23.3 Å². The first-order valence-corrected chi connectivity index (χ1v) is 12.7. The first kappa shape index (κ1) is 25.5. The molecular formula is C28H33N7O3. The topological polar surface area (TPSA) is 110 Å². The van der Waals surface area contributed by atoms with Crippen LogP contribution in [0.15, 0.2) is 36.4 Å². The Labute approximate surface area is 222 Å². The van der Waals surface area contributed by atoms with Crippen LogP contribution >= 0.6 is 0 Å². The van der Waals surface area contributed by atoms with Gasteiger partial charge in [0.25, 0.3) is 0 Å². The number of rotatable bonds is 8. The molecule has 198 valence electrons.